The summed E-state index contributed by atoms with van der Waals surface area (Å²) in [5, 5.41) is 13.1. The summed E-state index contributed by atoms with van der Waals surface area (Å²) in [5.41, 5.74) is 3.18. The number of aryl methyl sites for hydroxylation is 2. The molecular formula is C16H26N2O2. The Bertz CT molecular complexity index is 438. The lowest BCUT2D eigenvalue weighted by molar-refractivity contribution is -0.122. The van der Waals surface area contributed by atoms with Gasteiger partial charge in [0.05, 0.1) is 12.6 Å². The van der Waals surface area contributed by atoms with Crippen molar-refractivity contribution < 1.29 is 9.90 Å². The Morgan fingerprint density at radius 1 is 1.25 bits per heavy atom. The zero-order valence-electron chi connectivity index (χ0n) is 13.1. The first-order valence-corrected chi connectivity index (χ1v) is 7.02. The number of carbonyl (C=O) groups is 1. The summed E-state index contributed by atoms with van der Waals surface area (Å²) in [5.74, 6) is -0.0184. The lowest BCUT2D eigenvalue weighted by Gasteiger charge is -2.21. The SMILES string of the molecule is Cc1cc(C)cc(C(O)CN(C)CC(=O)NC(C)C)c1. The maximum atomic E-state index is 11.7. The average Bonchev–Trinajstić information content (AvgIpc) is 2.25. The smallest absolute Gasteiger partial charge is 0.234 e. The molecule has 1 unspecified atom stereocenters. The van der Waals surface area contributed by atoms with Gasteiger partial charge in [0.2, 0.25) is 5.91 Å². The summed E-state index contributed by atoms with van der Waals surface area (Å²) in [6.45, 7) is 8.63. The predicted molar refractivity (Wildman–Crippen MR) is 81.7 cm³/mol. The van der Waals surface area contributed by atoms with Crippen molar-refractivity contribution in [3.63, 3.8) is 0 Å². The molecule has 0 aliphatic rings. The van der Waals surface area contributed by atoms with Crippen molar-refractivity contribution in [2.45, 2.75) is 39.8 Å². The molecule has 0 aromatic heterocycles. The first-order valence-electron chi connectivity index (χ1n) is 7.02. The van der Waals surface area contributed by atoms with E-state index >= 15 is 0 Å². The largest absolute Gasteiger partial charge is 0.387 e. The van der Waals surface area contributed by atoms with Gasteiger partial charge in [0, 0.05) is 12.6 Å². The number of hydrogen-bond donors (Lipinski definition) is 2. The second-order valence-electron chi connectivity index (χ2n) is 5.86. The van der Waals surface area contributed by atoms with Crippen LogP contribution in [0.1, 0.15) is 36.6 Å². The molecule has 0 bridgehead atoms. The van der Waals surface area contributed by atoms with Crippen LogP contribution in [0, 0.1) is 13.8 Å². The summed E-state index contributed by atoms with van der Waals surface area (Å²) in [4.78, 5) is 13.5. The van der Waals surface area contributed by atoms with Gasteiger partial charge in [-0.25, -0.2) is 0 Å². The maximum Gasteiger partial charge on any atom is 0.234 e. The van der Waals surface area contributed by atoms with Gasteiger partial charge in [-0.2, -0.15) is 0 Å². The van der Waals surface area contributed by atoms with Crippen molar-refractivity contribution in [2.24, 2.45) is 0 Å². The number of hydrogen-bond acceptors (Lipinski definition) is 3. The van der Waals surface area contributed by atoms with Gasteiger partial charge in [-0.1, -0.05) is 29.3 Å². The van der Waals surface area contributed by atoms with E-state index in [1.807, 2.05) is 51.8 Å². The Kier molecular flexibility index (Phi) is 6.17. The van der Waals surface area contributed by atoms with Gasteiger partial charge in [0.1, 0.15) is 0 Å². The van der Waals surface area contributed by atoms with Crippen LogP contribution in [0.5, 0.6) is 0 Å². The number of likely N-dealkylation sites (N-methyl/N-ethyl adjacent to an activating group) is 1. The topological polar surface area (TPSA) is 52.6 Å². The number of benzene rings is 1. The summed E-state index contributed by atoms with van der Waals surface area (Å²) in [6.07, 6.45) is -0.578. The van der Waals surface area contributed by atoms with Crippen molar-refractivity contribution >= 4 is 5.91 Å². The van der Waals surface area contributed by atoms with Crippen LogP contribution in [0.25, 0.3) is 0 Å². The summed E-state index contributed by atoms with van der Waals surface area (Å²) >= 11 is 0. The van der Waals surface area contributed by atoms with Gasteiger partial charge in [-0.05, 0) is 40.3 Å². The van der Waals surface area contributed by atoms with Crippen molar-refractivity contribution in [2.75, 3.05) is 20.1 Å². The van der Waals surface area contributed by atoms with E-state index in [9.17, 15) is 9.90 Å². The van der Waals surface area contributed by atoms with Crippen molar-refractivity contribution in [1.29, 1.82) is 0 Å². The summed E-state index contributed by atoms with van der Waals surface area (Å²) < 4.78 is 0. The van der Waals surface area contributed by atoms with Gasteiger partial charge < -0.3 is 10.4 Å². The molecule has 4 heteroatoms. The number of nitrogens with zero attached hydrogens (tertiary/aromatic N) is 1. The second kappa shape index (κ2) is 7.41. The zero-order chi connectivity index (χ0) is 15.3. The lowest BCUT2D eigenvalue weighted by Crippen LogP contribution is -2.39. The van der Waals surface area contributed by atoms with E-state index in [0.717, 1.165) is 16.7 Å². The molecule has 2 N–H and O–H groups in total. The van der Waals surface area contributed by atoms with E-state index in [0.29, 0.717) is 13.1 Å². The van der Waals surface area contributed by atoms with Crippen LogP contribution in [0.2, 0.25) is 0 Å². The minimum Gasteiger partial charge on any atom is -0.387 e. The van der Waals surface area contributed by atoms with E-state index in [1.165, 1.54) is 0 Å². The molecule has 1 aromatic carbocycles. The van der Waals surface area contributed by atoms with Crippen LogP contribution in [-0.2, 0) is 4.79 Å². The molecule has 1 atom stereocenters. The van der Waals surface area contributed by atoms with E-state index in [1.54, 1.807) is 0 Å². The van der Waals surface area contributed by atoms with Gasteiger partial charge >= 0.3 is 0 Å². The van der Waals surface area contributed by atoms with E-state index in [-0.39, 0.29) is 11.9 Å². The normalized spacial score (nSPS) is 12.8. The molecule has 1 amide bonds. The molecule has 0 aliphatic heterocycles. The van der Waals surface area contributed by atoms with Crippen LogP contribution in [0.4, 0.5) is 0 Å². The third kappa shape index (κ3) is 5.72. The minimum atomic E-state index is -0.578. The standard InChI is InChI=1S/C16H26N2O2/c1-11(2)17-16(20)10-18(5)9-15(19)14-7-12(3)6-13(4)8-14/h6-8,11,15,19H,9-10H2,1-5H3,(H,17,20). The van der Waals surface area contributed by atoms with E-state index in [2.05, 4.69) is 11.4 Å². The third-order valence-corrected chi connectivity index (χ3v) is 2.98. The number of rotatable bonds is 6. The molecular weight excluding hydrogens is 252 g/mol. The Morgan fingerprint density at radius 3 is 2.30 bits per heavy atom. The Balaban J connectivity index is 2.56. The van der Waals surface area contributed by atoms with Crippen molar-refractivity contribution in [3.8, 4) is 0 Å². The molecule has 0 saturated carbocycles. The van der Waals surface area contributed by atoms with Crippen LogP contribution in [-0.4, -0.2) is 42.1 Å². The monoisotopic (exact) mass is 278 g/mol. The predicted octanol–water partition coefficient (Wildman–Crippen LogP) is 1.79. The fourth-order valence-electron chi connectivity index (χ4n) is 2.28. The molecule has 20 heavy (non-hydrogen) atoms. The average molecular weight is 278 g/mol. The number of nitrogens with one attached hydrogen (secondary N) is 1. The van der Waals surface area contributed by atoms with Gasteiger partial charge in [-0.3, -0.25) is 9.69 Å². The number of aliphatic hydroxyl groups excluding tert-OH is 1. The number of carbonyl (C=O) groups excluding carboxylic acids is 1. The summed E-state index contributed by atoms with van der Waals surface area (Å²) in [7, 11) is 1.84. The summed E-state index contributed by atoms with van der Waals surface area (Å²) in [6, 6.07) is 6.19. The molecule has 1 aromatic rings. The molecule has 0 fully saturated rings. The first-order chi connectivity index (χ1) is 9.27. The van der Waals surface area contributed by atoms with Gasteiger partial charge in [-0.15, -0.1) is 0 Å². The highest BCUT2D eigenvalue weighted by molar-refractivity contribution is 5.78. The molecule has 112 valence electrons. The van der Waals surface area contributed by atoms with Gasteiger partial charge in [0.25, 0.3) is 0 Å². The molecule has 0 saturated heterocycles. The lowest BCUT2D eigenvalue weighted by atomic mass is 10.0. The third-order valence-electron chi connectivity index (χ3n) is 2.98. The molecule has 1 rings (SSSR count). The Hall–Kier alpha value is -1.39. The highest BCUT2D eigenvalue weighted by Gasteiger charge is 2.14. The van der Waals surface area contributed by atoms with Crippen LogP contribution < -0.4 is 5.32 Å². The van der Waals surface area contributed by atoms with Crippen molar-refractivity contribution in [3.05, 3.63) is 34.9 Å². The van der Waals surface area contributed by atoms with Crippen LogP contribution in [0.3, 0.4) is 0 Å². The van der Waals surface area contributed by atoms with E-state index in [4.69, 9.17) is 0 Å². The van der Waals surface area contributed by atoms with Crippen LogP contribution in [0.15, 0.2) is 18.2 Å². The fraction of sp³-hybridized carbons (Fsp3) is 0.562. The Morgan fingerprint density at radius 2 is 1.80 bits per heavy atom. The zero-order valence-corrected chi connectivity index (χ0v) is 13.1. The van der Waals surface area contributed by atoms with Gasteiger partial charge in [0.15, 0.2) is 0 Å². The molecule has 0 aliphatic carbocycles. The quantitative estimate of drug-likeness (QED) is 0.834. The number of aliphatic hydroxyl groups is 1. The maximum absolute atomic E-state index is 11.7. The number of amides is 1. The first kappa shape index (κ1) is 16.7. The van der Waals surface area contributed by atoms with Crippen LogP contribution >= 0.6 is 0 Å². The molecule has 0 spiro atoms. The highest BCUT2D eigenvalue weighted by Crippen LogP contribution is 2.17. The second-order valence-corrected chi connectivity index (χ2v) is 5.86. The van der Waals surface area contributed by atoms with Crippen molar-refractivity contribution in [1.82, 2.24) is 10.2 Å². The Labute approximate surface area is 121 Å². The molecule has 4 nitrogen and oxygen atoms in total. The fourth-order valence-corrected chi connectivity index (χ4v) is 2.28. The minimum absolute atomic E-state index is 0.0184. The van der Waals surface area contributed by atoms with E-state index < -0.39 is 6.10 Å². The molecule has 0 radical (unpaired) electrons. The molecule has 0 heterocycles. The highest BCUT2D eigenvalue weighted by atomic mass is 16.3.